The Morgan fingerprint density at radius 2 is 2.13 bits per heavy atom. The number of rotatable bonds is 2. The first-order valence-corrected chi connectivity index (χ1v) is 5.50. The minimum absolute atomic E-state index is 0.554. The van der Waals surface area contributed by atoms with E-state index in [1.165, 1.54) is 0 Å². The number of carboxylic acids is 1. The summed E-state index contributed by atoms with van der Waals surface area (Å²) >= 11 is 3.36. The fourth-order valence-electron chi connectivity index (χ4n) is 2.07. The second-order valence-corrected chi connectivity index (χ2v) is 4.92. The van der Waals surface area contributed by atoms with E-state index in [1.54, 1.807) is 0 Å². The highest BCUT2D eigenvalue weighted by Crippen LogP contribution is 2.47. The van der Waals surface area contributed by atoms with Crippen molar-refractivity contribution >= 4 is 21.9 Å². The lowest BCUT2D eigenvalue weighted by Crippen LogP contribution is -2.43. The van der Waals surface area contributed by atoms with Gasteiger partial charge in [-0.3, -0.25) is 4.79 Å². The number of benzene rings is 1. The standard InChI is InChI=1S/C12H11BrO2/c1-8-6-12(7-8,11(14)15)9-3-2-4-10(13)5-9/h2-5H,1,6-7H2,(H,14,15). The molecule has 0 spiro atoms. The monoisotopic (exact) mass is 266 g/mol. The molecule has 1 fully saturated rings. The quantitative estimate of drug-likeness (QED) is 0.836. The van der Waals surface area contributed by atoms with Crippen LogP contribution in [0.2, 0.25) is 0 Å². The summed E-state index contributed by atoms with van der Waals surface area (Å²) in [6.07, 6.45) is 1.11. The van der Waals surface area contributed by atoms with Crippen LogP contribution >= 0.6 is 15.9 Å². The highest BCUT2D eigenvalue weighted by atomic mass is 79.9. The second-order valence-electron chi connectivity index (χ2n) is 4.00. The fraction of sp³-hybridized carbons (Fsp3) is 0.250. The molecule has 0 radical (unpaired) electrons. The van der Waals surface area contributed by atoms with E-state index < -0.39 is 11.4 Å². The molecule has 0 heterocycles. The predicted molar refractivity (Wildman–Crippen MR) is 61.8 cm³/mol. The molecule has 0 amide bonds. The highest BCUT2D eigenvalue weighted by molar-refractivity contribution is 9.10. The van der Waals surface area contributed by atoms with E-state index in [1.807, 2.05) is 24.3 Å². The first-order chi connectivity index (χ1) is 7.04. The van der Waals surface area contributed by atoms with Gasteiger partial charge in [0, 0.05) is 4.47 Å². The fourth-order valence-corrected chi connectivity index (χ4v) is 2.47. The molecule has 1 aromatic rings. The Bertz CT molecular complexity index is 429. The van der Waals surface area contributed by atoms with Crippen molar-refractivity contribution in [3.63, 3.8) is 0 Å². The highest BCUT2D eigenvalue weighted by Gasteiger charge is 2.48. The first-order valence-electron chi connectivity index (χ1n) is 4.71. The summed E-state index contributed by atoms with van der Waals surface area (Å²) in [6, 6.07) is 7.50. The normalized spacial score (nSPS) is 18.3. The third kappa shape index (κ3) is 1.61. The van der Waals surface area contributed by atoms with Gasteiger partial charge >= 0.3 is 5.97 Å². The number of allylic oxidation sites excluding steroid dienone is 1. The summed E-state index contributed by atoms with van der Waals surface area (Å²) in [5.41, 5.74) is 1.13. The maximum Gasteiger partial charge on any atom is 0.314 e. The Labute approximate surface area is 96.7 Å². The summed E-state index contributed by atoms with van der Waals surface area (Å²) in [5.74, 6) is -0.756. The molecular formula is C12H11BrO2. The third-order valence-corrected chi connectivity index (χ3v) is 3.38. The van der Waals surface area contributed by atoms with Crippen LogP contribution in [-0.2, 0) is 10.2 Å². The van der Waals surface area contributed by atoms with Crippen LogP contribution in [0, 0.1) is 0 Å². The summed E-state index contributed by atoms with van der Waals surface area (Å²) in [4.78, 5) is 11.3. The summed E-state index contributed by atoms with van der Waals surface area (Å²) in [6.45, 7) is 3.81. The Morgan fingerprint density at radius 3 is 2.60 bits per heavy atom. The van der Waals surface area contributed by atoms with Crippen molar-refractivity contribution in [2.75, 3.05) is 0 Å². The topological polar surface area (TPSA) is 37.3 Å². The Kier molecular flexibility index (Phi) is 2.43. The number of aliphatic carboxylic acids is 1. The molecule has 1 aliphatic carbocycles. The van der Waals surface area contributed by atoms with E-state index >= 15 is 0 Å². The van der Waals surface area contributed by atoms with Crippen molar-refractivity contribution in [2.45, 2.75) is 18.3 Å². The lowest BCUT2D eigenvalue weighted by molar-refractivity contribution is -0.145. The van der Waals surface area contributed by atoms with Crippen LogP contribution in [0.1, 0.15) is 18.4 Å². The predicted octanol–water partition coefficient (Wildman–Crippen LogP) is 3.12. The van der Waals surface area contributed by atoms with Crippen molar-refractivity contribution in [2.24, 2.45) is 0 Å². The molecule has 1 N–H and O–H groups in total. The van der Waals surface area contributed by atoms with Crippen LogP contribution in [0.3, 0.4) is 0 Å². The first kappa shape index (κ1) is 10.4. The molecule has 1 saturated carbocycles. The van der Waals surface area contributed by atoms with E-state index in [-0.39, 0.29) is 0 Å². The van der Waals surface area contributed by atoms with Crippen molar-refractivity contribution in [1.29, 1.82) is 0 Å². The average Bonchev–Trinajstić information content (AvgIpc) is 2.12. The number of hydrogen-bond donors (Lipinski definition) is 1. The minimum atomic E-state index is -0.756. The van der Waals surface area contributed by atoms with E-state index in [0.29, 0.717) is 12.8 Å². The molecule has 2 nitrogen and oxygen atoms in total. The van der Waals surface area contributed by atoms with Crippen LogP contribution in [-0.4, -0.2) is 11.1 Å². The smallest absolute Gasteiger partial charge is 0.314 e. The van der Waals surface area contributed by atoms with Crippen LogP contribution in [0.5, 0.6) is 0 Å². The third-order valence-electron chi connectivity index (χ3n) is 2.89. The zero-order chi connectivity index (χ0) is 11.1. The maximum absolute atomic E-state index is 11.3. The van der Waals surface area contributed by atoms with Crippen molar-refractivity contribution in [1.82, 2.24) is 0 Å². The molecular weight excluding hydrogens is 256 g/mol. The van der Waals surface area contributed by atoms with Gasteiger partial charge in [-0.2, -0.15) is 0 Å². The molecule has 0 aromatic heterocycles. The van der Waals surface area contributed by atoms with E-state index in [0.717, 1.165) is 15.6 Å². The van der Waals surface area contributed by atoms with Gasteiger partial charge in [0.05, 0.1) is 0 Å². The van der Waals surface area contributed by atoms with E-state index in [2.05, 4.69) is 22.5 Å². The Hall–Kier alpha value is -1.09. The SMILES string of the molecule is C=C1CC(C(=O)O)(c2cccc(Br)c2)C1. The van der Waals surface area contributed by atoms with Gasteiger partial charge in [-0.25, -0.2) is 0 Å². The van der Waals surface area contributed by atoms with E-state index in [4.69, 9.17) is 0 Å². The molecule has 1 aliphatic rings. The molecule has 78 valence electrons. The molecule has 0 atom stereocenters. The molecule has 1 aromatic carbocycles. The zero-order valence-corrected chi connectivity index (χ0v) is 9.75. The van der Waals surface area contributed by atoms with Gasteiger partial charge in [-0.15, -0.1) is 0 Å². The Balaban J connectivity index is 2.43. The molecule has 0 saturated heterocycles. The van der Waals surface area contributed by atoms with Gasteiger partial charge in [0.1, 0.15) is 5.41 Å². The number of carboxylic acid groups (broad SMARTS) is 1. The van der Waals surface area contributed by atoms with Crippen LogP contribution in [0.15, 0.2) is 40.9 Å². The molecule has 0 aliphatic heterocycles. The molecule has 2 rings (SSSR count). The minimum Gasteiger partial charge on any atom is -0.481 e. The van der Waals surface area contributed by atoms with Gasteiger partial charge in [-0.1, -0.05) is 40.2 Å². The van der Waals surface area contributed by atoms with Gasteiger partial charge in [0.25, 0.3) is 0 Å². The number of carbonyl (C=O) groups is 1. The van der Waals surface area contributed by atoms with Gasteiger partial charge < -0.3 is 5.11 Å². The van der Waals surface area contributed by atoms with E-state index in [9.17, 15) is 9.90 Å². The summed E-state index contributed by atoms with van der Waals surface area (Å²) in [5, 5.41) is 9.29. The van der Waals surface area contributed by atoms with Crippen molar-refractivity contribution < 1.29 is 9.90 Å². The van der Waals surface area contributed by atoms with Crippen LogP contribution in [0.4, 0.5) is 0 Å². The Morgan fingerprint density at radius 1 is 1.47 bits per heavy atom. The molecule has 0 unspecified atom stereocenters. The van der Waals surface area contributed by atoms with Gasteiger partial charge in [-0.05, 0) is 30.5 Å². The largest absolute Gasteiger partial charge is 0.481 e. The lowest BCUT2D eigenvalue weighted by Gasteiger charge is -2.40. The average molecular weight is 267 g/mol. The van der Waals surface area contributed by atoms with Crippen molar-refractivity contribution in [3.05, 3.63) is 46.5 Å². The van der Waals surface area contributed by atoms with Gasteiger partial charge in [0.2, 0.25) is 0 Å². The summed E-state index contributed by atoms with van der Waals surface area (Å²) in [7, 11) is 0. The van der Waals surface area contributed by atoms with Gasteiger partial charge in [0.15, 0.2) is 0 Å². The lowest BCUT2D eigenvalue weighted by atomic mass is 9.62. The second kappa shape index (κ2) is 3.49. The summed E-state index contributed by atoms with van der Waals surface area (Å²) < 4.78 is 0.915. The molecule has 3 heteroatoms. The van der Waals surface area contributed by atoms with Crippen LogP contribution in [0.25, 0.3) is 0 Å². The van der Waals surface area contributed by atoms with Crippen LogP contribution < -0.4 is 0 Å². The van der Waals surface area contributed by atoms with Crippen molar-refractivity contribution in [3.8, 4) is 0 Å². The molecule has 15 heavy (non-hydrogen) atoms. The zero-order valence-electron chi connectivity index (χ0n) is 8.16. The number of halogens is 1. The maximum atomic E-state index is 11.3. The number of hydrogen-bond acceptors (Lipinski definition) is 1. The molecule has 0 bridgehead atoms.